The minimum atomic E-state index is -0.559. The zero-order valence-electron chi connectivity index (χ0n) is 14.6. The molecule has 4 N–H and O–H groups in total. The number of primary amides is 1. The average molecular weight is 434 g/mol. The number of halogens is 2. The maximum atomic E-state index is 10.8. The lowest BCUT2D eigenvalue weighted by molar-refractivity contribution is -0.113. The molecule has 9 heteroatoms. The van der Waals surface area contributed by atoms with Crippen molar-refractivity contribution in [2.75, 3.05) is 18.4 Å². The molecular weight excluding hydrogens is 417 g/mol. The van der Waals surface area contributed by atoms with E-state index in [9.17, 15) is 4.79 Å². The van der Waals surface area contributed by atoms with Crippen molar-refractivity contribution in [3.05, 3.63) is 63.6 Å². The van der Waals surface area contributed by atoms with Crippen molar-refractivity contribution in [3.63, 3.8) is 0 Å². The van der Waals surface area contributed by atoms with Crippen molar-refractivity contribution in [1.82, 2.24) is 15.3 Å². The first-order chi connectivity index (χ1) is 13.4. The first-order valence-corrected chi connectivity index (χ1v) is 9.54. The summed E-state index contributed by atoms with van der Waals surface area (Å²) in [7, 11) is 0. The Hall–Kier alpha value is -2.48. The van der Waals surface area contributed by atoms with Crippen molar-refractivity contribution < 1.29 is 4.79 Å². The topological polar surface area (TPSA) is 92.9 Å². The van der Waals surface area contributed by atoms with E-state index in [4.69, 9.17) is 28.9 Å². The standard InChI is InChI=1S/C19H17Cl2N5OS/c20-11-5-6-12(14(21)9-11)19-25-15-4-2-1-3-13(15)18(26-19)24-8-7-23-17(28)10-16(22)27/h1-6,9-10,23,28H,7-8H2,(H2,22,27)(H,24,25,26)/b17-10-. The Kier molecular flexibility index (Phi) is 6.61. The van der Waals surface area contributed by atoms with Crippen LogP contribution in [0.2, 0.25) is 10.0 Å². The summed E-state index contributed by atoms with van der Waals surface area (Å²) < 4.78 is 0. The van der Waals surface area contributed by atoms with Crippen LogP contribution in [0.4, 0.5) is 5.82 Å². The monoisotopic (exact) mass is 433 g/mol. The number of rotatable bonds is 7. The normalized spacial score (nSPS) is 11.5. The van der Waals surface area contributed by atoms with E-state index < -0.39 is 5.91 Å². The van der Waals surface area contributed by atoms with Crippen LogP contribution in [0, 0.1) is 0 Å². The Balaban J connectivity index is 1.86. The number of carbonyl (C=O) groups excluding carboxylic acids is 1. The van der Waals surface area contributed by atoms with Crippen LogP contribution >= 0.6 is 35.8 Å². The number of nitrogens with two attached hydrogens (primary N) is 1. The third kappa shape index (κ3) is 5.07. The number of amides is 1. The van der Waals surface area contributed by atoms with Gasteiger partial charge in [-0.3, -0.25) is 4.79 Å². The fourth-order valence-electron chi connectivity index (χ4n) is 2.56. The number of benzene rings is 2. The molecule has 28 heavy (non-hydrogen) atoms. The molecule has 1 heterocycles. The highest BCUT2D eigenvalue weighted by atomic mass is 35.5. The maximum Gasteiger partial charge on any atom is 0.244 e. The molecule has 0 aliphatic carbocycles. The van der Waals surface area contributed by atoms with Gasteiger partial charge in [-0.05, 0) is 30.3 Å². The number of hydrogen-bond acceptors (Lipinski definition) is 6. The molecule has 0 aliphatic rings. The van der Waals surface area contributed by atoms with Gasteiger partial charge < -0.3 is 16.4 Å². The van der Waals surface area contributed by atoms with E-state index in [1.54, 1.807) is 18.2 Å². The largest absolute Gasteiger partial charge is 0.378 e. The van der Waals surface area contributed by atoms with Gasteiger partial charge in [-0.1, -0.05) is 35.3 Å². The zero-order valence-corrected chi connectivity index (χ0v) is 17.0. The fourth-order valence-corrected chi connectivity index (χ4v) is 3.29. The Morgan fingerprint density at radius 1 is 1.14 bits per heavy atom. The van der Waals surface area contributed by atoms with Crippen molar-refractivity contribution in [3.8, 4) is 11.4 Å². The van der Waals surface area contributed by atoms with Crippen molar-refractivity contribution in [1.29, 1.82) is 0 Å². The summed E-state index contributed by atoms with van der Waals surface area (Å²) in [5.74, 6) is 0.615. The van der Waals surface area contributed by atoms with Crippen LogP contribution in [0.25, 0.3) is 22.3 Å². The highest BCUT2D eigenvalue weighted by Crippen LogP contribution is 2.31. The second-order valence-electron chi connectivity index (χ2n) is 5.82. The minimum Gasteiger partial charge on any atom is -0.378 e. The second-order valence-corrected chi connectivity index (χ2v) is 7.15. The van der Waals surface area contributed by atoms with Gasteiger partial charge in [-0.2, -0.15) is 0 Å². The van der Waals surface area contributed by atoms with Crippen LogP contribution in [0.1, 0.15) is 0 Å². The molecule has 0 fully saturated rings. The van der Waals surface area contributed by atoms with Crippen molar-refractivity contribution in [2.24, 2.45) is 5.73 Å². The van der Waals surface area contributed by atoms with E-state index in [1.807, 2.05) is 24.3 Å². The van der Waals surface area contributed by atoms with Gasteiger partial charge in [-0.15, -0.1) is 12.6 Å². The summed E-state index contributed by atoms with van der Waals surface area (Å²) in [4.78, 5) is 20.1. The molecule has 2 aromatic carbocycles. The van der Waals surface area contributed by atoms with Gasteiger partial charge in [-0.25, -0.2) is 9.97 Å². The lowest BCUT2D eigenvalue weighted by Crippen LogP contribution is -2.21. The van der Waals surface area contributed by atoms with E-state index in [0.29, 0.717) is 45.4 Å². The Bertz CT molecular complexity index is 1060. The average Bonchev–Trinajstić information content (AvgIpc) is 2.64. The number of carbonyl (C=O) groups is 1. The van der Waals surface area contributed by atoms with Gasteiger partial charge in [0.2, 0.25) is 5.91 Å². The number of hydrogen-bond donors (Lipinski definition) is 4. The first kappa shape index (κ1) is 20.3. The molecule has 6 nitrogen and oxygen atoms in total. The second kappa shape index (κ2) is 9.14. The van der Waals surface area contributed by atoms with E-state index in [2.05, 4.69) is 33.2 Å². The van der Waals surface area contributed by atoms with Crippen LogP contribution in [0.3, 0.4) is 0 Å². The molecule has 1 amide bonds. The summed E-state index contributed by atoms with van der Waals surface area (Å²) in [6.45, 7) is 1.05. The van der Waals surface area contributed by atoms with Crippen molar-refractivity contribution in [2.45, 2.75) is 0 Å². The predicted molar refractivity (Wildman–Crippen MR) is 118 cm³/mol. The summed E-state index contributed by atoms with van der Waals surface area (Å²) >= 11 is 16.5. The van der Waals surface area contributed by atoms with Gasteiger partial charge in [0.05, 0.1) is 15.6 Å². The molecule has 0 atom stereocenters. The third-order valence-electron chi connectivity index (χ3n) is 3.78. The number of nitrogens with zero attached hydrogens (tertiary/aromatic N) is 2. The maximum absolute atomic E-state index is 10.8. The summed E-state index contributed by atoms with van der Waals surface area (Å²) in [5, 5.41) is 8.56. The van der Waals surface area contributed by atoms with E-state index >= 15 is 0 Å². The summed E-state index contributed by atoms with van der Waals surface area (Å²) in [6, 6.07) is 12.9. The number of para-hydroxylation sites is 1. The Morgan fingerprint density at radius 2 is 1.93 bits per heavy atom. The third-order valence-corrected chi connectivity index (χ3v) is 4.61. The molecule has 0 saturated carbocycles. The van der Waals surface area contributed by atoms with Crippen LogP contribution in [-0.2, 0) is 4.79 Å². The Morgan fingerprint density at radius 3 is 2.68 bits per heavy atom. The predicted octanol–water partition coefficient (Wildman–Crippen LogP) is 3.86. The quantitative estimate of drug-likeness (QED) is 0.258. The number of fused-ring (bicyclic) bond motifs is 1. The summed E-state index contributed by atoms with van der Waals surface area (Å²) in [5.41, 5.74) is 6.57. The van der Waals surface area contributed by atoms with Gasteiger partial charge in [0.1, 0.15) is 5.82 Å². The van der Waals surface area contributed by atoms with E-state index in [-0.39, 0.29) is 0 Å². The number of anilines is 1. The smallest absolute Gasteiger partial charge is 0.244 e. The lowest BCUT2D eigenvalue weighted by atomic mass is 10.2. The van der Waals surface area contributed by atoms with Crippen molar-refractivity contribution >= 4 is 58.5 Å². The van der Waals surface area contributed by atoms with Gasteiger partial charge in [0.15, 0.2) is 5.82 Å². The first-order valence-electron chi connectivity index (χ1n) is 8.34. The van der Waals surface area contributed by atoms with Crippen LogP contribution in [0.5, 0.6) is 0 Å². The minimum absolute atomic E-state index is 0.399. The number of nitrogens with one attached hydrogen (secondary N) is 2. The molecule has 0 aliphatic heterocycles. The molecule has 0 unspecified atom stereocenters. The molecule has 3 rings (SSSR count). The van der Waals surface area contributed by atoms with Gasteiger partial charge in [0, 0.05) is 35.1 Å². The summed E-state index contributed by atoms with van der Waals surface area (Å²) in [6.07, 6.45) is 1.21. The zero-order chi connectivity index (χ0) is 20.1. The number of aromatic nitrogens is 2. The molecule has 3 aromatic rings. The van der Waals surface area contributed by atoms with Crippen LogP contribution in [-0.4, -0.2) is 29.0 Å². The molecular formula is C19H17Cl2N5OS. The highest BCUT2D eigenvalue weighted by Gasteiger charge is 2.12. The molecule has 0 bridgehead atoms. The molecule has 144 valence electrons. The van der Waals surface area contributed by atoms with Gasteiger partial charge >= 0.3 is 0 Å². The van der Waals surface area contributed by atoms with E-state index in [1.165, 1.54) is 6.08 Å². The molecule has 0 spiro atoms. The SMILES string of the molecule is NC(=O)/C=C(\S)NCCNc1nc(-c2ccc(Cl)cc2Cl)nc2ccccc12. The Labute approximate surface area is 177 Å². The molecule has 0 radical (unpaired) electrons. The lowest BCUT2D eigenvalue weighted by Gasteiger charge is -2.12. The van der Waals surface area contributed by atoms with E-state index in [0.717, 1.165) is 10.9 Å². The van der Waals surface area contributed by atoms with Crippen LogP contribution < -0.4 is 16.4 Å². The van der Waals surface area contributed by atoms with Gasteiger partial charge in [0.25, 0.3) is 0 Å². The van der Waals surface area contributed by atoms with Crippen LogP contribution in [0.15, 0.2) is 53.6 Å². The number of thiol groups is 1. The molecule has 1 aromatic heterocycles. The fraction of sp³-hybridized carbons (Fsp3) is 0.105. The highest BCUT2D eigenvalue weighted by molar-refractivity contribution is 7.84. The molecule has 0 saturated heterocycles.